The first-order valence-corrected chi connectivity index (χ1v) is 4.71. The van der Waals surface area contributed by atoms with E-state index in [0.29, 0.717) is 4.73 Å². The lowest BCUT2D eigenvalue weighted by Crippen LogP contribution is -2.06. The quantitative estimate of drug-likeness (QED) is 0.679. The first-order chi connectivity index (χ1) is 8.50. The molecule has 18 heavy (non-hydrogen) atoms. The highest BCUT2D eigenvalue weighted by molar-refractivity contribution is 5.98. The fourth-order valence-corrected chi connectivity index (χ4v) is 1.46. The molecule has 1 aromatic heterocycles. The number of carboxylic acid groups (broad SMARTS) is 2. The van der Waals surface area contributed by atoms with Gasteiger partial charge in [-0.3, -0.25) is 0 Å². The molecule has 8 heteroatoms. The number of benzene rings is 1. The summed E-state index contributed by atoms with van der Waals surface area (Å²) in [6, 6.07) is 3.41. The van der Waals surface area contributed by atoms with Gasteiger partial charge in [-0.2, -0.15) is 4.73 Å². The van der Waals surface area contributed by atoms with Crippen LogP contribution in [-0.2, 0) is 0 Å². The number of rotatable bonds is 3. The van der Waals surface area contributed by atoms with E-state index >= 15 is 0 Å². The Balaban J connectivity index is 2.69. The zero-order valence-electron chi connectivity index (χ0n) is 8.81. The van der Waals surface area contributed by atoms with Gasteiger partial charge in [-0.05, 0) is 18.2 Å². The molecule has 3 N–H and O–H groups in total. The van der Waals surface area contributed by atoms with Crippen LogP contribution in [0.25, 0.3) is 11.4 Å². The normalized spacial score (nSPS) is 10.2. The summed E-state index contributed by atoms with van der Waals surface area (Å²) in [5, 5.41) is 34.2. The fourth-order valence-electron chi connectivity index (χ4n) is 1.46. The minimum absolute atomic E-state index is 0.0256. The Morgan fingerprint density at radius 2 is 1.89 bits per heavy atom. The number of nitrogens with zero attached hydrogens (tertiary/aromatic N) is 3. The average Bonchev–Trinajstić information content (AvgIpc) is 2.74. The van der Waals surface area contributed by atoms with Gasteiger partial charge in [-0.25, -0.2) is 9.59 Å². The van der Waals surface area contributed by atoms with E-state index in [1.807, 2.05) is 0 Å². The van der Waals surface area contributed by atoms with Crippen LogP contribution >= 0.6 is 0 Å². The summed E-state index contributed by atoms with van der Waals surface area (Å²) in [6.45, 7) is 0. The molecule has 2 rings (SSSR count). The standard InChI is InChI=1S/C10H7N3O5/c14-9(15)5-1-2-6(10(16)17)7(3-5)8-12-11-4-13(8)18/h1-4,18H,(H,14,15)(H,16,17). The molecular weight excluding hydrogens is 242 g/mol. The molecule has 2 aromatic rings. The van der Waals surface area contributed by atoms with Gasteiger partial charge in [0, 0.05) is 5.56 Å². The third-order valence-corrected chi connectivity index (χ3v) is 2.27. The molecule has 0 aliphatic rings. The fraction of sp³-hybridized carbons (Fsp3) is 0. The minimum Gasteiger partial charge on any atom is -0.478 e. The summed E-state index contributed by atoms with van der Waals surface area (Å²) in [5.41, 5.74) is -0.316. The first kappa shape index (κ1) is 11.6. The van der Waals surface area contributed by atoms with Crippen LogP contribution in [0.15, 0.2) is 24.5 Å². The maximum absolute atomic E-state index is 11.0. The second kappa shape index (κ2) is 4.17. The Bertz CT molecular complexity index is 634. The van der Waals surface area contributed by atoms with Crippen molar-refractivity contribution in [3.8, 4) is 11.4 Å². The molecule has 1 heterocycles. The Labute approximate surface area is 99.7 Å². The third kappa shape index (κ3) is 1.86. The van der Waals surface area contributed by atoms with Crippen LogP contribution in [0.2, 0.25) is 0 Å². The van der Waals surface area contributed by atoms with Crippen LogP contribution in [0, 0.1) is 0 Å². The van der Waals surface area contributed by atoms with Crippen molar-refractivity contribution in [1.82, 2.24) is 14.9 Å². The molecule has 1 aromatic carbocycles. The average molecular weight is 249 g/mol. The van der Waals surface area contributed by atoms with Gasteiger partial charge in [-0.15, -0.1) is 10.2 Å². The number of aromatic carboxylic acids is 2. The second-order valence-electron chi connectivity index (χ2n) is 3.37. The number of hydrogen-bond donors (Lipinski definition) is 3. The molecule has 0 bridgehead atoms. The molecular formula is C10H7N3O5. The molecule has 92 valence electrons. The lowest BCUT2D eigenvalue weighted by Gasteiger charge is -2.05. The van der Waals surface area contributed by atoms with E-state index < -0.39 is 11.9 Å². The second-order valence-corrected chi connectivity index (χ2v) is 3.37. The minimum atomic E-state index is -1.26. The van der Waals surface area contributed by atoms with Gasteiger partial charge in [-0.1, -0.05) is 0 Å². The van der Waals surface area contributed by atoms with Crippen molar-refractivity contribution >= 4 is 11.9 Å². The van der Waals surface area contributed by atoms with Gasteiger partial charge in [0.15, 0.2) is 12.2 Å². The maximum atomic E-state index is 11.0. The van der Waals surface area contributed by atoms with E-state index in [1.165, 1.54) is 0 Å². The molecule has 8 nitrogen and oxygen atoms in total. The highest BCUT2D eigenvalue weighted by Gasteiger charge is 2.18. The Morgan fingerprint density at radius 1 is 1.17 bits per heavy atom. The lowest BCUT2D eigenvalue weighted by atomic mass is 10.0. The molecule has 0 fully saturated rings. The van der Waals surface area contributed by atoms with Crippen molar-refractivity contribution in [2.75, 3.05) is 0 Å². The number of carbonyl (C=O) groups is 2. The van der Waals surface area contributed by atoms with E-state index in [0.717, 1.165) is 24.5 Å². The summed E-state index contributed by atoms with van der Waals surface area (Å²) in [5.74, 6) is -2.61. The van der Waals surface area contributed by atoms with Gasteiger partial charge >= 0.3 is 11.9 Å². The summed E-state index contributed by atoms with van der Waals surface area (Å²) < 4.78 is 0.521. The summed E-state index contributed by atoms with van der Waals surface area (Å²) >= 11 is 0. The molecule has 0 saturated carbocycles. The molecule has 0 radical (unpaired) electrons. The smallest absolute Gasteiger partial charge is 0.336 e. The summed E-state index contributed by atoms with van der Waals surface area (Å²) in [4.78, 5) is 21.9. The number of carboxylic acids is 2. The SMILES string of the molecule is O=C(O)c1ccc(C(=O)O)c(-c2nncn2O)c1. The zero-order chi connectivity index (χ0) is 13.3. The lowest BCUT2D eigenvalue weighted by molar-refractivity contribution is 0.0681. The van der Waals surface area contributed by atoms with Crippen LogP contribution in [0.3, 0.4) is 0 Å². The maximum Gasteiger partial charge on any atom is 0.336 e. The van der Waals surface area contributed by atoms with Crippen LogP contribution in [0.4, 0.5) is 0 Å². The largest absolute Gasteiger partial charge is 0.478 e. The Kier molecular flexibility index (Phi) is 2.68. The first-order valence-electron chi connectivity index (χ1n) is 4.71. The van der Waals surface area contributed by atoms with Gasteiger partial charge in [0.25, 0.3) is 0 Å². The van der Waals surface area contributed by atoms with Crippen molar-refractivity contribution < 1.29 is 25.0 Å². The van der Waals surface area contributed by atoms with E-state index in [2.05, 4.69) is 10.2 Å². The molecule has 0 amide bonds. The molecule has 0 spiro atoms. The van der Waals surface area contributed by atoms with E-state index in [1.54, 1.807) is 0 Å². The predicted molar refractivity (Wildman–Crippen MR) is 56.6 cm³/mol. The molecule has 0 aliphatic carbocycles. The van der Waals surface area contributed by atoms with Crippen molar-refractivity contribution in [2.24, 2.45) is 0 Å². The summed E-state index contributed by atoms with van der Waals surface area (Å²) in [6.07, 6.45) is 0.967. The van der Waals surface area contributed by atoms with Crippen LogP contribution < -0.4 is 0 Å². The van der Waals surface area contributed by atoms with Gasteiger partial charge < -0.3 is 15.4 Å². The zero-order valence-corrected chi connectivity index (χ0v) is 8.81. The van der Waals surface area contributed by atoms with Crippen molar-refractivity contribution in [1.29, 1.82) is 0 Å². The topological polar surface area (TPSA) is 126 Å². The van der Waals surface area contributed by atoms with Gasteiger partial charge in [0.05, 0.1) is 11.1 Å². The van der Waals surface area contributed by atoms with Crippen molar-refractivity contribution in [3.05, 3.63) is 35.7 Å². The molecule has 0 saturated heterocycles. The highest BCUT2D eigenvalue weighted by Crippen LogP contribution is 2.23. The van der Waals surface area contributed by atoms with E-state index in [-0.39, 0.29) is 22.5 Å². The summed E-state index contributed by atoms with van der Waals surface area (Å²) in [7, 11) is 0. The van der Waals surface area contributed by atoms with E-state index in [9.17, 15) is 14.8 Å². The Hall–Kier alpha value is -2.90. The highest BCUT2D eigenvalue weighted by atomic mass is 16.5. The predicted octanol–water partition coefficient (Wildman–Crippen LogP) is 0.579. The van der Waals surface area contributed by atoms with Gasteiger partial charge in [0.2, 0.25) is 0 Å². The number of aromatic nitrogens is 3. The third-order valence-electron chi connectivity index (χ3n) is 2.27. The number of hydrogen-bond acceptors (Lipinski definition) is 5. The van der Waals surface area contributed by atoms with Crippen LogP contribution in [0.5, 0.6) is 0 Å². The van der Waals surface area contributed by atoms with Crippen LogP contribution in [-0.4, -0.2) is 42.3 Å². The molecule has 0 aliphatic heterocycles. The van der Waals surface area contributed by atoms with Gasteiger partial charge in [0.1, 0.15) is 0 Å². The monoisotopic (exact) mass is 249 g/mol. The molecule has 0 atom stereocenters. The van der Waals surface area contributed by atoms with Crippen LogP contribution in [0.1, 0.15) is 20.7 Å². The Morgan fingerprint density at radius 3 is 2.39 bits per heavy atom. The van der Waals surface area contributed by atoms with E-state index in [4.69, 9.17) is 10.2 Å². The van der Waals surface area contributed by atoms with Crippen molar-refractivity contribution in [2.45, 2.75) is 0 Å². The van der Waals surface area contributed by atoms with Crippen molar-refractivity contribution in [3.63, 3.8) is 0 Å². The molecule has 0 unspecified atom stereocenters.